The molecule has 0 bridgehead atoms. The first-order valence-electron chi connectivity index (χ1n) is 8.68. The SMILES string of the molecule is Cc1ccc(S(=O)(=O)Nc2cccc(C(=O)Nc3c(C)nn(C)c3C)c2)cc1. The summed E-state index contributed by atoms with van der Waals surface area (Å²) in [6, 6.07) is 12.9. The first-order valence-corrected chi connectivity index (χ1v) is 10.2. The summed E-state index contributed by atoms with van der Waals surface area (Å²) in [5.41, 5.74) is 3.82. The van der Waals surface area contributed by atoms with Gasteiger partial charge in [-0.15, -0.1) is 0 Å². The van der Waals surface area contributed by atoms with Crippen molar-refractivity contribution in [2.45, 2.75) is 25.7 Å². The van der Waals surface area contributed by atoms with Crippen LogP contribution in [0.1, 0.15) is 27.3 Å². The Kier molecular flexibility index (Phi) is 5.24. The maximum Gasteiger partial charge on any atom is 0.261 e. The minimum atomic E-state index is -3.74. The first kappa shape index (κ1) is 19.6. The molecule has 1 heterocycles. The predicted molar refractivity (Wildman–Crippen MR) is 109 cm³/mol. The van der Waals surface area contributed by atoms with Gasteiger partial charge in [0.1, 0.15) is 0 Å². The second-order valence-corrected chi connectivity index (χ2v) is 8.31. The molecule has 146 valence electrons. The topological polar surface area (TPSA) is 93.1 Å². The highest BCUT2D eigenvalue weighted by atomic mass is 32.2. The van der Waals surface area contributed by atoms with Crippen LogP contribution in [0.15, 0.2) is 53.4 Å². The van der Waals surface area contributed by atoms with Crippen LogP contribution in [0.5, 0.6) is 0 Å². The number of aromatic nitrogens is 2. The van der Waals surface area contributed by atoms with Gasteiger partial charge >= 0.3 is 0 Å². The van der Waals surface area contributed by atoms with Crippen LogP contribution in [0.2, 0.25) is 0 Å². The summed E-state index contributed by atoms with van der Waals surface area (Å²) in [5, 5.41) is 7.12. The molecular weight excluding hydrogens is 376 g/mol. The summed E-state index contributed by atoms with van der Waals surface area (Å²) in [5.74, 6) is -0.337. The Morgan fingerprint density at radius 1 is 1.04 bits per heavy atom. The lowest BCUT2D eigenvalue weighted by Gasteiger charge is -2.10. The van der Waals surface area contributed by atoms with Crippen molar-refractivity contribution >= 4 is 27.3 Å². The molecule has 0 fully saturated rings. The molecule has 0 saturated heterocycles. The molecule has 3 rings (SSSR count). The van der Waals surface area contributed by atoms with Crippen molar-refractivity contribution in [2.24, 2.45) is 7.05 Å². The fourth-order valence-electron chi connectivity index (χ4n) is 2.80. The number of hydrogen-bond acceptors (Lipinski definition) is 4. The minimum Gasteiger partial charge on any atom is -0.319 e. The third-order valence-corrected chi connectivity index (χ3v) is 5.85. The second-order valence-electron chi connectivity index (χ2n) is 6.62. The van der Waals surface area contributed by atoms with Crippen LogP contribution >= 0.6 is 0 Å². The van der Waals surface area contributed by atoms with Gasteiger partial charge in [0.05, 0.1) is 22.0 Å². The number of anilines is 2. The summed E-state index contributed by atoms with van der Waals surface area (Å²) >= 11 is 0. The average molecular weight is 398 g/mol. The van der Waals surface area contributed by atoms with Crippen LogP contribution in [-0.2, 0) is 17.1 Å². The van der Waals surface area contributed by atoms with Crippen LogP contribution in [0.25, 0.3) is 0 Å². The van der Waals surface area contributed by atoms with Crippen LogP contribution in [0.3, 0.4) is 0 Å². The molecule has 2 N–H and O–H groups in total. The van der Waals surface area contributed by atoms with Crippen molar-refractivity contribution in [2.75, 3.05) is 10.0 Å². The summed E-state index contributed by atoms with van der Waals surface area (Å²) in [6.45, 7) is 5.56. The molecular formula is C20H22N4O3S. The molecule has 0 saturated carbocycles. The molecule has 0 radical (unpaired) electrons. The first-order chi connectivity index (χ1) is 13.2. The van der Waals surface area contributed by atoms with E-state index < -0.39 is 10.0 Å². The fraction of sp³-hybridized carbons (Fsp3) is 0.200. The Morgan fingerprint density at radius 3 is 2.32 bits per heavy atom. The van der Waals surface area contributed by atoms with Gasteiger partial charge < -0.3 is 5.32 Å². The van der Waals surface area contributed by atoms with Gasteiger partial charge in [-0.25, -0.2) is 8.42 Å². The summed E-state index contributed by atoms with van der Waals surface area (Å²) in [6.07, 6.45) is 0. The number of benzene rings is 2. The van der Waals surface area contributed by atoms with E-state index in [9.17, 15) is 13.2 Å². The summed E-state index contributed by atoms with van der Waals surface area (Å²) in [4.78, 5) is 12.8. The number of nitrogens with one attached hydrogen (secondary N) is 2. The molecule has 2 aromatic carbocycles. The van der Waals surface area contributed by atoms with E-state index in [4.69, 9.17) is 0 Å². The predicted octanol–water partition coefficient (Wildman–Crippen LogP) is 3.40. The van der Waals surface area contributed by atoms with Gasteiger partial charge in [0.15, 0.2) is 0 Å². The highest BCUT2D eigenvalue weighted by Crippen LogP contribution is 2.21. The van der Waals surface area contributed by atoms with E-state index in [1.807, 2.05) is 20.8 Å². The van der Waals surface area contributed by atoms with Crippen molar-refractivity contribution < 1.29 is 13.2 Å². The molecule has 8 heteroatoms. The molecule has 7 nitrogen and oxygen atoms in total. The van der Waals surface area contributed by atoms with Gasteiger partial charge in [0, 0.05) is 18.3 Å². The van der Waals surface area contributed by atoms with E-state index >= 15 is 0 Å². The van der Waals surface area contributed by atoms with Crippen molar-refractivity contribution in [1.29, 1.82) is 0 Å². The van der Waals surface area contributed by atoms with Gasteiger partial charge in [-0.05, 0) is 51.1 Å². The second kappa shape index (κ2) is 7.47. The zero-order chi connectivity index (χ0) is 20.5. The number of sulfonamides is 1. The van der Waals surface area contributed by atoms with E-state index in [0.717, 1.165) is 11.3 Å². The Bertz CT molecular complexity index is 1130. The Balaban J connectivity index is 1.82. The Hall–Kier alpha value is -3.13. The zero-order valence-corrected chi connectivity index (χ0v) is 17.0. The van der Waals surface area contributed by atoms with E-state index in [2.05, 4.69) is 15.1 Å². The highest BCUT2D eigenvalue weighted by molar-refractivity contribution is 7.92. The quantitative estimate of drug-likeness (QED) is 0.689. The standard InChI is InChI=1S/C20H22N4O3S/c1-13-8-10-18(11-9-13)28(26,27)23-17-7-5-6-16(12-17)20(25)21-19-14(2)22-24(4)15(19)3/h5-12,23H,1-4H3,(H,21,25). The molecule has 0 atom stereocenters. The average Bonchev–Trinajstić information content (AvgIpc) is 2.88. The number of carbonyl (C=O) groups is 1. The van der Waals surface area contributed by atoms with Gasteiger partial charge in [0.2, 0.25) is 0 Å². The van der Waals surface area contributed by atoms with Crippen LogP contribution in [0, 0.1) is 20.8 Å². The monoisotopic (exact) mass is 398 g/mol. The van der Waals surface area contributed by atoms with Gasteiger partial charge in [-0.3, -0.25) is 14.2 Å². The number of hydrogen-bond donors (Lipinski definition) is 2. The fourth-order valence-corrected chi connectivity index (χ4v) is 3.85. The number of carbonyl (C=O) groups excluding carboxylic acids is 1. The number of amides is 1. The van der Waals surface area contributed by atoms with Crippen LogP contribution < -0.4 is 10.0 Å². The van der Waals surface area contributed by atoms with Crippen molar-refractivity contribution in [3.8, 4) is 0 Å². The molecule has 3 aromatic rings. The maximum atomic E-state index is 12.6. The lowest BCUT2D eigenvalue weighted by Crippen LogP contribution is -2.15. The van der Waals surface area contributed by atoms with E-state index in [1.165, 1.54) is 6.07 Å². The van der Waals surface area contributed by atoms with Crippen molar-refractivity contribution in [1.82, 2.24) is 9.78 Å². The molecule has 1 aromatic heterocycles. The zero-order valence-electron chi connectivity index (χ0n) is 16.1. The minimum absolute atomic E-state index is 0.162. The van der Waals surface area contributed by atoms with E-state index in [1.54, 1.807) is 54.2 Å². The molecule has 0 spiro atoms. The maximum absolute atomic E-state index is 12.6. The molecule has 1 amide bonds. The van der Waals surface area contributed by atoms with Gasteiger partial charge in [-0.1, -0.05) is 23.8 Å². The van der Waals surface area contributed by atoms with Gasteiger partial charge in [0.25, 0.3) is 15.9 Å². The van der Waals surface area contributed by atoms with Gasteiger partial charge in [-0.2, -0.15) is 5.10 Å². The highest BCUT2D eigenvalue weighted by Gasteiger charge is 2.17. The van der Waals surface area contributed by atoms with Crippen LogP contribution in [0.4, 0.5) is 11.4 Å². The lowest BCUT2D eigenvalue weighted by molar-refractivity contribution is 0.102. The third kappa shape index (κ3) is 4.07. The van der Waals surface area contributed by atoms with Crippen molar-refractivity contribution in [3.05, 3.63) is 71.0 Å². The molecule has 28 heavy (non-hydrogen) atoms. The number of aryl methyl sites for hydroxylation is 3. The smallest absolute Gasteiger partial charge is 0.261 e. The number of rotatable bonds is 5. The normalized spacial score (nSPS) is 11.3. The summed E-state index contributed by atoms with van der Waals surface area (Å²) in [7, 11) is -1.93. The molecule has 0 aliphatic carbocycles. The van der Waals surface area contributed by atoms with E-state index in [-0.39, 0.29) is 10.8 Å². The molecule has 0 unspecified atom stereocenters. The lowest BCUT2D eigenvalue weighted by atomic mass is 10.2. The number of nitrogens with zero attached hydrogens (tertiary/aromatic N) is 2. The Morgan fingerprint density at radius 2 is 1.71 bits per heavy atom. The largest absolute Gasteiger partial charge is 0.319 e. The third-order valence-electron chi connectivity index (χ3n) is 4.46. The summed E-state index contributed by atoms with van der Waals surface area (Å²) < 4.78 is 29.3. The van der Waals surface area contributed by atoms with Crippen molar-refractivity contribution in [3.63, 3.8) is 0 Å². The Labute approximate surface area is 164 Å². The molecule has 0 aliphatic rings. The van der Waals surface area contributed by atoms with E-state index in [0.29, 0.717) is 22.6 Å². The van der Waals surface area contributed by atoms with Crippen LogP contribution in [-0.4, -0.2) is 24.1 Å². The molecule has 0 aliphatic heterocycles.